The molecule has 2 unspecified atom stereocenters. The van der Waals surface area contributed by atoms with Crippen molar-refractivity contribution < 1.29 is 8.42 Å². The molecule has 2 heterocycles. The number of hydrogen-bond donors (Lipinski definition) is 0. The molecule has 0 aliphatic carbocycles. The van der Waals surface area contributed by atoms with Gasteiger partial charge in [-0.2, -0.15) is 4.31 Å². The first-order chi connectivity index (χ1) is 8.41. The van der Waals surface area contributed by atoms with E-state index in [1.54, 1.807) is 12.3 Å². The van der Waals surface area contributed by atoms with Gasteiger partial charge in [-0.25, -0.2) is 8.42 Å². The molecule has 0 bridgehead atoms. The Morgan fingerprint density at radius 1 is 1.50 bits per heavy atom. The van der Waals surface area contributed by atoms with Gasteiger partial charge in [0.2, 0.25) is 10.0 Å². The standard InChI is InChI=1S/C11H14BrClN2O2S/c1-8-7-15(3-2-11(8)13)18(16,17)10-4-9(12)5-14-6-10/h4-6,8,11H,2-3,7H2,1H3. The second-order valence-electron chi connectivity index (χ2n) is 4.48. The summed E-state index contributed by atoms with van der Waals surface area (Å²) in [6, 6.07) is 1.57. The van der Waals surface area contributed by atoms with Gasteiger partial charge in [-0.15, -0.1) is 11.6 Å². The molecular weight excluding hydrogens is 340 g/mol. The molecule has 1 aliphatic heterocycles. The van der Waals surface area contributed by atoms with E-state index in [9.17, 15) is 8.42 Å². The van der Waals surface area contributed by atoms with Crippen molar-refractivity contribution in [3.8, 4) is 0 Å². The van der Waals surface area contributed by atoms with Crippen LogP contribution in [-0.2, 0) is 10.0 Å². The van der Waals surface area contributed by atoms with E-state index in [1.807, 2.05) is 6.92 Å². The smallest absolute Gasteiger partial charge is 0.244 e. The second-order valence-corrected chi connectivity index (χ2v) is 7.90. The van der Waals surface area contributed by atoms with Crippen LogP contribution >= 0.6 is 27.5 Å². The lowest BCUT2D eigenvalue weighted by Gasteiger charge is -2.33. The van der Waals surface area contributed by atoms with Crippen LogP contribution in [0.2, 0.25) is 0 Å². The predicted octanol–water partition coefficient (Wildman–Crippen LogP) is 2.48. The van der Waals surface area contributed by atoms with E-state index >= 15 is 0 Å². The van der Waals surface area contributed by atoms with E-state index < -0.39 is 10.0 Å². The van der Waals surface area contributed by atoms with Crippen molar-refractivity contribution in [2.24, 2.45) is 5.92 Å². The lowest BCUT2D eigenvalue weighted by molar-refractivity contribution is 0.286. The predicted molar refractivity (Wildman–Crippen MR) is 74.1 cm³/mol. The third-order valence-electron chi connectivity index (χ3n) is 3.08. The number of nitrogens with zero attached hydrogens (tertiary/aromatic N) is 2. The van der Waals surface area contributed by atoms with E-state index in [1.165, 1.54) is 10.5 Å². The molecule has 0 radical (unpaired) electrons. The van der Waals surface area contributed by atoms with Crippen molar-refractivity contribution in [2.45, 2.75) is 23.6 Å². The van der Waals surface area contributed by atoms with E-state index in [4.69, 9.17) is 11.6 Å². The molecule has 1 aliphatic rings. The first-order valence-electron chi connectivity index (χ1n) is 5.66. The average molecular weight is 354 g/mol. The molecule has 2 atom stereocenters. The van der Waals surface area contributed by atoms with Gasteiger partial charge in [0.15, 0.2) is 0 Å². The first-order valence-corrected chi connectivity index (χ1v) is 8.33. The molecule has 0 spiro atoms. The molecular formula is C11H14BrClN2O2S. The summed E-state index contributed by atoms with van der Waals surface area (Å²) in [4.78, 5) is 4.12. The van der Waals surface area contributed by atoms with Crippen LogP contribution in [0.15, 0.2) is 27.8 Å². The van der Waals surface area contributed by atoms with Gasteiger partial charge in [-0.1, -0.05) is 6.92 Å². The van der Waals surface area contributed by atoms with Crippen molar-refractivity contribution in [3.05, 3.63) is 22.9 Å². The van der Waals surface area contributed by atoms with Crippen LogP contribution in [0.3, 0.4) is 0 Å². The number of piperidine rings is 1. The number of alkyl halides is 1. The quantitative estimate of drug-likeness (QED) is 0.768. The molecule has 0 saturated carbocycles. The monoisotopic (exact) mass is 352 g/mol. The van der Waals surface area contributed by atoms with Gasteiger partial charge in [0.1, 0.15) is 4.90 Å². The Morgan fingerprint density at radius 3 is 2.83 bits per heavy atom. The van der Waals surface area contributed by atoms with Gasteiger partial charge in [-0.05, 0) is 34.3 Å². The topological polar surface area (TPSA) is 50.3 Å². The Kier molecular flexibility index (Phi) is 4.31. The number of pyridine rings is 1. The zero-order chi connectivity index (χ0) is 13.3. The van der Waals surface area contributed by atoms with Gasteiger partial charge >= 0.3 is 0 Å². The summed E-state index contributed by atoms with van der Waals surface area (Å²) in [6.07, 6.45) is 3.62. The minimum atomic E-state index is -3.46. The zero-order valence-electron chi connectivity index (χ0n) is 9.88. The highest BCUT2D eigenvalue weighted by Gasteiger charge is 2.32. The third-order valence-corrected chi connectivity index (χ3v) is 5.99. The Balaban J connectivity index is 2.27. The fraction of sp³-hybridized carbons (Fsp3) is 0.545. The van der Waals surface area contributed by atoms with Crippen molar-refractivity contribution in [2.75, 3.05) is 13.1 Å². The van der Waals surface area contributed by atoms with Crippen LogP contribution in [-0.4, -0.2) is 36.2 Å². The Labute approximate surface area is 121 Å². The Hall–Kier alpha value is -0.170. The summed E-state index contributed by atoms with van der Waals surface area (Å²) in [5.74, 6) is 0.162. The van der Waals surface area contributed by atoms with Crippen molar-refractivity contribution in [1.29, 1.82) is 0 Å². The molecule has 1 saturated heterocycles. The van der Waals surface area contributed by atoms with Crippen molar-refractivity contribution >= 4 is 37.6 Å². The Morgan fingerprint density at radius 2 is 2.22 bits per heavy atom. The van der Waals surface area contributed by atoms with E-state index in [-0.39, 0.29) is 16.2 Å². The minimum absolute atomic E-state index is 0.0529. The summed E-state index contributed by atoms with van der Waals surface area (Å²) in [6.45, 7) is 2.90. The maximum Gasteiger partial charge on any atom is 0.244 e. The minimum Gasteiger partial charge on any atom is -0.262 e. The number of aromatic nitrogens is 1. The van der Waals surface area contributed by atoms with E-state index in [0.717, 1.165) is 0 Å². The maximum absolute atomic E-state index is 12.4. The van der Waals surface area contributed by atoms with Crippen LogP contribution in [0, 0.1) is 5.92 Å². The van der Waals surface area contributed by atoms with Gasteiger partial charge in [-0.3, -0.25) is 4.98 Å². The fourth-order valence-electron chi connectivity index (χ4n) is 1.98. The summed E-state index contributed by atoms with van der Waals surface area (Å²) in [5.41, 5.74) is 0. The van der Waals surface area contributed by atoms with Crippen LogP contribution in [0.1, 0.15) is 13.3 Å². The second kappa shape index (κ2) is 5.45. The fourth-order valence-corrected chi connectivity index (χ4v) is 4.22. The zero-order valence-corrected chi connectivity index (χ0v) is 13.0. The van der Waals surface area contributed by atoms with Gasteiger partial charge in [0.05, 0.1) is 0 Å². The largest absolute Gasteiger partial charge is 0.262 e. The number of sulfonamides is 1. The van der Waals surface area contributed by atoms with E-state index in [2.05, 4.69) is 20.9 Å². The van der Waals surface area contributed by atoms with Gasteiger partial charge in [0.25, 0.3) is 0 Å². The Bertz CT molecular complexity index is 538. The molecule has 0 N–H and O–H groups in total. The normalized spacial score (nSPS) is 26.2. The summed E-state index contributed by atoms with van der Waals surface area (Å²) in [5, 5.41) is 0.0529. The van der Waals surface area contributed by atoms with Crippen molar-refractivity contribution in [1.82, 2.24) is 9.29 Å². The molecule has 0 aromatic carbocycles. The number of halogens is 2. The molecule has 100 valence electrons. The number of rotatable bonds is 2. The lowest BCUT2D eigenvalue weighted by Crippen LogP contribution is -2.43. The first kappa shape index (κ1) is 14.2. The van der Waals surface area contributed by atoms with Gasteiger partial charge in [0, 0.05) is 35.3 Å². The van der Waals surface area contributed by atoms with Crippen molar-refractivity contribution in [3.63, 3.8) is 0 Å². The molecule has 4 nitrogen and oxygen atoms in total. The molecule has 0 amide bonds. The summed E-state index contributed by atoms with van der Waals surface area (Å²) in [7, 11) is -3.46. The maximum atomic E-state index is 12.4. The molecule has 1 aromatic rings. The number of hydrogen-bond acceptors (Lipinski definition) is 3. The SMILES string of the molecule is CC1CN(S(=O)(=O)c2cncc(Br)c2)CCC1Cl. The molecule has 18 heavy (non-hydrogen) atoms. The van der Waals surface area contributed by atoms with Crippen LogP contribution in [0.25, 0.3) is 0 Å². The van der Waals surface area contributed by atoms with Crippen LogP contribution < -0.4 is 0 Å². The third kappa shape index (κ3) is 2.87. The average Bonchev–Trinajstić information content (AvgIpc) is 2.32. The lowest BCUT2D eigenvalue weighted by atomic mass is 10.0. The van der Waals surface area contributed by atoms with E-state index in [0.29, 0.717) is 24.0 Å². The van der Waals surface area contributed by atoms with Crippen LogP contribution in [0.4, 0.5) is 0 Å². The summed E-state index contributed by atoms with van der Waals surface area (Å²) >= 11 is 9.35. The molecule has 7 heteroatoms. The van der Waals surface area contributed by atoms with Crippen LogP contribution in [0.5, 0.6) is 0 Å². The molecule has 2 rings (SSSR count). The highest BCUT2D eigenvalue weighted by atomic mass is 79.9. The highest BCUT2D eigenvalue weighted by molar-refractivity contribution is 9.10. The molecule has 1 aromatic heterocycles. The van der Waals surface area contributed by atoms with Gasteiger partial charge < -0.3 is 0 Å². The molecule has 1 fully saturated rings. The highest BCUT2D eigenvalue weighted by Crippen LogP contribution is 2.27. The summed E-state index contributed by atoms with van der Waals surface area (Å²) < 4.78 is 27.0.